The van der Waals surface area contributed by atoms with Crippen molar-refractivity contribution in [1.82, 2.24) is 15.1 Å². The molecule has 2 amide bonds. The average molecular weight is 365 g/mol. The van der Waals surface area contributed by atoms with E-state index in [0.29, 0.717) is 6.54 Å². The Hall–Kier alpha value is -2.66. The molecule has 1 aliphatic heterocycles. The van der Waals surface area contributed by atoms with E-state index in [9.17, 15) is 9.59 Å². The maximum absolute atomic E-state index is 12.7. The van der Waals surface area contributed by atoms with E-state index in [1.54, 1.807) is 4.90 Å². The second-order valence-electron chi connectivity index (χ2n) is 7.10. The Morgan fingerprint density at radius 2 is 1.70 bits per heavy atom. The number of amides is 2. The van der Waals surface area contributed by atoms with Crippen LogP contribution in [0.25, 0.3) is 0 Å². The van der Waals surface area contributed by atoms with Crippen molar-refractivity contribution in [2.45, 2.75) is 18.9 Å². The third-order valence-electron chi connectivity index (χ3n) is 4.94. The summed E-state index contributed by atoms with van der Waals surface area (Å²) in [7, 11) is 1.82. The molecule has 27 heavy (non-hydrogen) atoms. The lowest BCUT2D eigenvalue weighted by Crippen LogP contribution is -2.42. The number of hydrogen-bond donors (Lipinski definition) is 1. The molecule has 1 atom stereocenters. The first kappa shape index (κ1) is 19.1. The summed E-state index contributed by atoms with van der Waals surface area (Å²) in [6.45, 7) is 2.06. The van der Waals surface area contributed by atoms with Crippen LogP contribution >= 0.6 is 0 Å². The molecule has 0 bridgehead atoms. The first-order valence-electron chi connectivity index (χ1n) is 9.46. The van der Waals surface area contributed by atoms with Crippen LogP contribution in [-0.4, -0.2) is 54.8 Å². The van der Waals surface area contributed by atoms with Crippen molar-refractivity contribution in [3.05, 3.63) is 71.8 Å². The fourth-order valence-corrected chi connectivity index (χ4v) is 3.41. The second-order valence-corrected chi connectivity index (χ2v) is 7.10. The van der Waals surface area contributed by atoms with Crippen LogP contribution in [0.1, 0.15) is 23.6 Å². The van der Waals surface area contributed by atoms with E-state index in [1.165, 1.54) is 5.56 Å². The molecular weight excluding hydrogens is 338 g/mol. The molecule has 0 spiro atoms. The van der Waals surface area contributed by atoms with Crippen molar-refractivity contribution in [2.75, 3.05) is 33.2 Å². The van der Waals surface area contributed by atoms with Crippen molar-refractivity contribution < 1.29 is 9.59 Å². The molecule has 1 saturated heterocycles. The van der Waals surface area contributed by atoms with Crippen LogP contribution in [0, 0.1) is 0 Å². The summed E-state index contributed by atoms with van der Waals surface area (Å²) in [6, 6.07) is 20.1. The predicted octanol–water partition coefficient (Wildman–Crippen LogP) is 2.25. The Balaban J connectivity index is 1.66. The first-order valence-corrected chi connectivity index (χ1v) is 9.46. The molecule has 5 heteroatoms. The molecular formula is C22H27N3O2. The Kier molecular flexibility index (Phi) is 6.60. The van der Waals surface area contributed by atoms with Crippen molar-refractivity contribution >= 4 is 11.8 Å². The normalized spacial score (nSPS) is 16.6. The predicted molar refractivity (Wildman–Crippen MR) is 106 cm³/mol. The number of carbonyl (C=O) groups excluding carboxylic acids is 2. The van der Waals surface area contributed by atoms with Crippen LogP contribution in [0.15, 0.2) is 60.7 Å². The largest absolute Gasteiger partial charge is 0.348 e. The van der Waals surface area contributed by atoms with Gasteiger partial charge in [-0.15, -0.1) is 0 Å². The van der Waals surface area contributed by atoms with E-state index in [0.717, 1.165) is 31.5 Å². The highest BCUT2D eigenvalue weighted by atomic mass is 16.2. The van der Waals surface area contributed by atoms with E-state index < -0.39 is 0 Å². The SMILES string of the molecule is CN1CCCN(CC(=O)N[C@H](Cc2ccccc2)c2ccccc2)CC1=O. The fourth-order valence-electron chi connectivity index (χ4n) is 3.41. The Morgan fingerprint density at radius 1 is 1.04 bits per heavy atom. The molecule has 1 fully saturated rings. The molecule has 3 rings (SSSR count). The van der Waals surface area contributed by atoms with E-state index in [1.807, 2.05) is 60.5 Å². The van der Waals surface area contributed by atoms with Crippen LogP contribution in [0.2, 0.25) is 0 Å². The minimum atomic E-state index is -0.0912. The van der Waals surface area contributed by atoms with Gasteiger partial charge in [0.15, 0.2) is 0 Å². The zero-order valence-corrected chi connectivity index (χ0v) is 15.8. The van der Waals surface area contributed by atoms with Gasteiger partial charge >= 0.3 is 0 Å². The summed E-state index contributed by atoms with van der Waals surface area (Å²) in [5, 5.41) is 3.17. The number of hydrogen-bond acceptors (Lipinski definition) is 3. The van der Waals surface area contributed by atoms with E-state index >= 15 is 0 Å². The topological polar surface area (TPSA) is 52.6 Å². The molecule has 1 heterocycles. The maximum atomic E-state index is 12.7. The zero-order chi connectivity index (χ0) is 19.1. The number of nitrogens with one attached hydrogen (secondary N) is 1. The molecule has 0 unspecified atom stereocenters. The lowest BCUT2D eigenvalue weighted by atomic mass is 9.99. The highest BCUT2D eigenvalue weighted by molar-refractivity contribution is 5.81. The second kappa shape index (κ2) is 9.33. The molecule has 0 aliphatic carbocycles. The van der Waals surface area contributed by atoms with Crippen LogP contribution in [0.4, 0.5) is 0 Å². The summed E-state index contributed by atoms with van der Waals surface area (Å²) in [6.07, 6.45) is 1.62. The molecule has 142 valence electrons. The lowest BCUT2D eigenvalue weighted by molar-refractivity contribution is -0.130. The van der Waals surface area contributed by atoms with Gasteiger partial charge in [0.1, 0.15) is 0 Å². The van der Waals surface area contributed by atoms with Gasteiger partial charge in [-0.3, -0.25) is 14.5 Å². The van der Waals surface area contributed by atoms with Gasteiger partial charge in [-0.1, -0.05) is 60.7 Å². The quantitative estimate of drug-likeness (QED) is 0.854. The van der Waals surface area contributed by atoms with E-state index in [4.69, 9.17) is 0 Å². The summed E-state index contributed by atoms with van der Waals surface area (Å²) < 4.78 is 0. The zero-order valence-electron chi connectivity index (χ0n) is 15.8. The number of rotatable bonds is 6. The van der Waals surface area contributed by atoms with Crippen LogP contribution in [0.5, 0.6) is 0 Å². The van der Waals surface area contributed by atoms with Gasteiger partial charge in [0.05, 0.1) is 19.1 Å². The Bertz CT molecular complexity index is 749. The molecule has 1 N–H and O–H groups in total. The van der Waals surface area contributed by atoms with Crippen molar-refractivity contribution in [2.24, 2.45) is 0 Å². The average Bonchev–Trinajstić information content (AvgIpc) is 2.83. The van der Waals surface area contributed by atoms with Crippen molar-refractivity contribution in [3.63, 3.8) is 0 Å². The van der Waals surface area contributed by atoms with Gasteiger partial charge in [-0.25, -0.2) is 0 Å². The molecule has 1 aliphatic rings. The summed E-state index contributed by atoms with van der Waals surface area (Å²) in [4.78, 5) is 28.4. The Labute approximate surface area is 161 Å². The third-order valence-corrected chi connectivity index (χ3v) is 4.94. The van der Waals surface area contributed by atoms with Gasteiger partial charge in [0.2, 0.25) is 11.8 Å². The lowest BCUT2D eigenvalue weighted by Gasteiger charge is -2.23. The Morgan fingerprint density at radius 3 is 2.41 bits per heavy atom. The monoisotopic (exact) mass is 365 g/mol. The number of nitrogens with zero attached hydrogens (tertiary/aromatic N) is 2. The van der Waals surface area contributed by atoms with Crippen molar-refractivity contribution in [3.8, 4) is 0 Å². The number of benzene rings is 2. The third kappa shape index (κ3) is 5.66. The van der Waals surface area contributed by atoms with Crippen molar-refractivity contribution in [1.29, 1.82) is 0 Å². The van der Waals surface area contributed by atoms with E-state index in [-0.39, 0.29) is 24.4 Å². The fraction of sp³-hybridized carbons (Fsp3) is 0.364. The van der Waals surface area contributed by atoms with Crippen LogP contribution in [0.3, 0.4) is 0 Å². The smallest absolute Gasteiger partial charge is 0.236 e. The van der Waals surface area contributed by atoms with Crippen LogP contribution in [-0.2, 0) is 16.0 Å². The number of likely N-dealkylation sites (N-methyl/N-ethyl adjacent to an activating group) is 1. The maximum Gasteiger partial charge on any atom is 0.236 e. The molecule has 2 aromatic rings. The molecule has 0 aromatic heterocycles. The van der Waals surface area contributed by atoms with Gasteiger partial charge in [0.25, 0.3) is 0 Å². The molecule has 0 radical (unpaired) electrons. The van der Waals surface area contributed by atoms with Gasteiger partial charge in [-0.2, -0.15) is 0 Å². The summed E-state index contributed by atoms with van der Waals surface area (Å²) >= 11 is 0. The van der Waals surface area contributed by atoms with Gasteiger partial charge in [0, 0.05) is 20.1 Å². The molecule has 2 aromatic carbocycles. The van der Waals surface area contributed by atoms with Crippen LogP contribution < -0.4 is 5.32 Å². The van der Waals surface area contributed by atoms with Gasteiger partial charge in [-0.05, 0) is 24.0 Å². The van der Waals surface area contributed by atoms with E-state index in [2.05, 4.69) is 17.4 Å². The summed E-state index contributed by atoms with van der Waals surface area (Å²) in [5.74, 6) is 0.0290. The highest BCUT2D eigenvalue weighted by Crippen LogP contribution is 2.18. The highest BCUT2D eigenvalue weighted by Gasteiger charge is 2.22. The first-order chi connectivity index (χ1) is 13.1. The van der Waals surface area contributed by atoms with Gasteiger partial charge < -0.3 is 10.2 Å². The standard InChI is InChI=1S/C22H27N3O2/c1-24-13-8-14-25(17-22(24)27)16-21(26)23-20(19-11-6-3-7-12-19)15-18-9-4-2-5-10-18/h2-7,9-12,20H,8,13-17H2,1H3,(H,23,26)/t20-/m1/s1. The number of carbonyl (C=O) groups is 2. The molecule has 5 nitrogen and oxygen atoms in total. The minimum absolute atomic E-state index is 0.0443. The minimum Gasteiger partial charge on any atom is -0.348 e. The molecule has 0 saturated carbocycles. The summed E-state index contributed by atoms with van der Waals surface area (Å²) in [5.41, 5.74) is 2.26.